The average Bonchev–Trinajstić information content (AvgIpc) is 2.18. The molecule has 0 fully saturated rings. The van der Waals surface area contributed by atoms with Crippen molar-refractivity contribution in [3.63, 3.8) is 0 Å². The monoisotopic (exact) mass is 321 g/mol. The van der Waals surface area contributed by atoms with E-state index in [0.29, 0.717) is 11.0 Å². The van der Waals surface area contributed by atoms with E-state index >= 15 is 0 Å². The van der Waals surface area contributed by atoms with E-state index in [9.17, 15) is 4.79 Å². The van der Waals surface area contributed by atoms with Gasteiger partial charge in [0, 0.05) is 6.20 Å². The lowest BCUT2D eigenvalue weighted by Gasteiger charge is -2.00. The third-order valence-electron chi connectivity index (χ3n) is 1.77. The minimum absolute atomic E-state index is 0. The van der Waals surface area contributed by atoms with Gasteiger partial charge in [0.15, 0.2) is 5.78 Å². The summed E-state index contributed by atoms with van der Waals surface area (Å²) in [5, 5.41) is 0.343. The Morgan fingerprint density at radius 2 is 2.29 bits per heavy atom. The normalized spacial score (nSPS) is 9.29. The van der Waals surface area contributed by atoms with Crippen molar-refractivity contribution in [3.8, 4) is 0 Å². The summed E-state index contributed by atoms with van der Waals surface area (Å²) in [6.07, 6.45) is 3.79. The summed E-state index contributed by atoms with van der Waals surface area (Å²) in [4.78, 5) is 15.3. The minimum Gasteiger partial charge on any atom is -0.291 e. The highest BCUT2D eigenvalue weighted by Gasteiger charge is 2.05. The van der Waals surface area contributed by atoms with Gasteiger partial charge < -0.3 is 0 Å². The molecule has 0 saturated carbocycles. The average molecular weight is 323 g/mol. The Labute approximate surface area is 103 Å². The lowest BCUT2D eigenvalue weighted by molar-refractivity contribution is 0.101. The van der Waals surface area contributed by atoms with Gasteiger partial charge in [-0.1, -0.05) is 29.3 Å². The molecule has 0 spiro atoms. The SMILES string of the molecule is Br.CCCc1ccnc(C(=O)CBr)c1. The standard InChI is InChI=1S/C10H12BrNO.BrH/c1-2-3-8-4-5-12-9(6-8)10(13)7-11;/h4-6H,2-3,7H2,1H3;1H. The number of nitrogens with zero attached hydrogens (tertiary/aromatic N) is 1. The number of carbonyl (C=O) groups excluding carboxylic acids is 1. The van der Waals surface area contributed by atoms with Crippen LogP contribution in [0.2, 0.25) is 0 Å². The van der Waals surface area contributed by atoms with E-state index in [1.54, 1.807) is 6.20 Å². The summed E-state index contributed by atoms with van der Waals surface area (Å²) in [5.41, 5.74) is 1.74. The third-order valence-corrected chi connectivity index (χ3v) is 2.28. The molecule has 1 aromatic rings. The number of aryl methyl sites for hydroxylation is 1. The second-order valence-electron chi connectivity index (χ2n) is 2.86. The first-order valence-corrected chi connectivity index (χ1v) is 5.44. The van der Waals surface area contributed by atoms with E-state index in [2.05, 4.69) is 27.8 Å². The number of ketones is 1. The van der Waals surface area contributed by atoms with Crippen LogP contribution in [-0.4, -0.2) is 16.1 Å². The topological polar surface area (TPSA) is 30.0 Å². The largest absolute Gasteiger partial charge is 0.291 e. The summed E-state index contributed by atoms with van der Waals surface area (Å²) in [6.45, 7) is 2.12. The predicted molar refractivity (Wildman–Crippen MR) is 66.7 cm³/mol. The Morgan fingerprint density at radius 1 is 1.57 bits per heavy atom. The number of halogens is 2. The van der Waals surface area contributed by atoms with Crippen LogP contribution in [0.25, 0.3) is 0 Å². The molecule has 0 unspecified atom stereocenters. The molecule has 4 heteroatoms. The molecule has 1 aromatic heterocycles. The number of rotatable bonds is 4. The van der Waals surface area contributed by atoms with Gasteiger partial charge in [-0.3, -0.25) is 9.78 Å². The van der Waals surface area contributed by atoms with Gasteiger partial charge in [0.2, 0.25) is 0 Å². The molecular weight excluding hydrogens is 310 g/mol. The van der Waals surface area contributed by atoms with Gasteiger partial charge in [0.1, 0.15) is 5.69 Å². The van der Waals surface area contributed by atoms with Crippen LogP contribution in [0.15, 0.2) is 18.3 Å². The van der Waals surface area contributed by atoms with Crippen LogP contribution >= 0.6 is 32.9 Å². The van der Waals surface area contributed by atoms with E-state index in [1.807, 2.05) is 12.1 Å². The predicted octanol–water partition coefficient (Wildman–Crippen LogP) is 3.19. The van der Waals surface area contributed by atoms with Crippen molar-refractivity contribution in [1.29, 1.82) is 0 Å². The number of alkyl halides is 1. The fourth-order valence-corrected chi connectivity index (χ4v) is 1.43. The lowest BCUT2D eigenvalue weighted by Crippen LogP contribution is -2.03. The zero-order valence-corrected chi connectivity index (χ0v) is 11.3. The molecule has 0 atom stereocenters. The number of carbonyl (C=O) groups is 1. The molecule has 2 nitrogen and oxygen atoms in total. The number of hydrogen-bond donors (Lipinski definition) is 0. The summed E-state index contributed by atoms with van der Waals surface area (Å²) < 4.78 is 0. The molecule has 14 heavy (non-hydrogen) atoms. The van der Waals surface area contributed by atoms with Gasteiger partial charge in [-0.05, 0) is 24.1 Å². The molecule has 0 amide bonds. The number of hydrogen-bond acceptors (Lipinski definition) is 2. The molecule has 0 aliphatic rings. The van der Waals surface area contributed by atoms with Crippen molar-refractivity contribution in [2.45, 2.75) is 19.8 Å². The Hall–Kier alpha value is -0.220. The van der Waals surface area contributed by atoms with Crippen molar-refractivity contribution in [2.75, 3.05) is 5.33 Å². The van der Waals surface area contributed by atoms with Gasteiger partial charge in [-0.2, -0.15) is 0 Å². The van der Waals surface area contributed by atoms with Crippen molar-refractivity contribution < 1.29 is 4.79 Å². The highest BCUT2D eigenvalue weighted by molar-refractivity contribution is 9.09. The van der Waals surface area contributed by atoms with Crippen LogP contribution in [0.3, 0.4) is 0 Å². The van der Waals surface area contributed by atoms with Crippen LogP contribution in [0.1, 0.15) is 29.4 Å². The maximum atomic E-state index is 11.3. The molecular formula is C10H13Br2NO. The highest BCUT2D eigenvalue weighted by atomic mass is 79.9. The second-order valence-corrected chi connectivity index (χ2v) is 3.42. The Bertz CT molecular complexity index is 302. The quantitative estimate of drug-likeness (QED) is 0.629. The van der Waals surface area contributed by atoms with Crippen molar-refractivity contribution in [3.05, 3.63) is 29.6 Å². The van der Waals surface area contributed by atoms with E-state index in [1.165, 1.54) is 5.56 Å². The minimum atomic E-state index is 0. The molecule has 1 rings (SSSR count). The van der Waals surface area contributed by atoms with E-state index in [0.717, 1.165) is 12.8 Å². The van der Waals surface area contributed by atoms with Crippen LogP contribution in [0.5, 0.6) is 0 Å². The van der Waals surface area contributed by atoms with E-state index in [-0.39, 0.29) is 22.8 Å². The Kier molecular flexibility index (Phi) is 7.01. The molecule has 0 bridgehead atoms. The van der Waals surface area contributed by atoms with Crippen molar-refractivity contribution >= 4 is 38.7 Å². The highest BCUT2D eigenvalue weighted by Crippen LogP contribution is 2.06. The fraction of sp³-hybridized carbons (Fsp3) is 0.400. The first-order chi connectivity index (χ1) is 6.27. The van der Waals surface area contributed by atoms with Crippen LogP contribution in [0, 0.1) is 0 Å². The van der Waals surface area contributed by atoms with Crippen LogP contribution in [-0.2, 0) is 6.42 Å². The molecule has 0 saturated heterocycles. The summed E-state index contributed by atoms with van der Waals surface area (Å²) in [7, 11) is 0. The van der Waals surface area contributed by atoms with Crippen LogP contribution < -0.4 is 0 Å². The lowest BCUT2D eigenvalue weighted by atomic mass is 10.1. The van der Waals surface area contributed by atoms with E-state index < -0.39 is 0 Å². The van der Waals surface area contributed by atoms with Gasteiger partial charge in [0.25, 0.3) is 0 Å². The maximum absolute atomic E-state index is 11.3. The summed E-state index contributed by atoms with van der Waals surface area (Å²) >= 11 is 3.13. The third kappa shape index (κ3) is 3.88. The zero-order chi connectivity index (χ0) is 9.68. The fourth-order valence-electron chi connectivity index (χ4n) is 1.14. The molecule has 0 aliphatic heterocycles. The van der Waals surface area contributed by atoms with Crippen molar-refractivity contribution in [2.24, 2.45) is 0 Å². The summed E-state index contributed by atoms with van der Waals surface area (Å²) in [5.74, 6) is 0.0398. The first kappa shape index (κ1) is 13.8. The van der Waals surface area contributed by atoms with Crippen molar-refractivity contribution in [1.82, 2.24) is 4.98 Å². The van der Waals surface area contributed by atoms with Gasteiger partial charge in [-0.15, -0.1) is 17.0 Å². The number of Topliss-reactive ketones (excluding diaryl/α,β-unsaturated/α-hetero) is 1. The van der Waals surface area contributed by atoms with E-state index in [4.69, 9.17) is 0 Å². The van der Waals surface area contributed by atoms with Crippen LogP contribution in [0.4, 0.5) is 0 Å². The molecule has 0 aromatic carbocycles. The Morgan fingerprint density at radius 3 is 2.86 bits per heavy atom. The Balaban J connectivity index is 0.00000169. The molecule has 78 valence electrons. The van der Waals surface area contributed by atoms with Gasteiger partial charge >= 0.3 is 0 Å². The molecule has 1 heterocycles. The summed E-state index contributed by atoms with van der Waals surface area (Å²) in [6, 6.07) is 3.82. The molecule has 0 aliphatic carbocycles. The van der Waals surface area contributed by atoms with Gasteiger partial charge in [-0.25, -0.2) is 0 Å². The first-order valence-electron chi connectivity index (χ1n) is 4.32. The van der Waals surface area contributed by atoms with Gasteiger partial charge in [0.05, 0.1) is 5.33 Å². The molecule has 0 N–H and O–H groups in total. The zero-order valence-electron chi connectivity index (χ0n) is 8.00. The maximum Gasteiger partial charge on any atom is 0.191 e. The second kappa shape index (κ2) is 7.12. The number of pyridine rings is 1. The number of aromatic nitrogens is 1. The molecule has 0 radical (unpaired) electrons. The smallest absolute Gasteiger partial charge is 0.191 e.